The van der Waals surface area contributed by atoms with Gasteiger partial charge in [-0.25, -0.2) is 13.2 Å². The van der Waals surface area contributed by atoms with Gasteiger partial charge < -0.3 is 15.0 Å². The van der Waals surface area contributed by atoms with Gasteiger partial charge in [-0.1, -0.05) is 18.2 Å². The van der Waals surface area contributed by atoms with E-state index < -0.39 is 17.5 Å². The van der Waals surface area contributed by atoms with Gasteiger partial charge in [0.25, 0.3) is 0 Å². The standard InChI is InChI=1S/C30H34F3N3O2/c31-26-16-21(17-27(32)30(26)33)5-6-29(38)36-11-7-20(8-12-36)15-23(19-37)35-13-9-22(10-14-35)25-18-34-28-4-2-1-3-24(25)28/h1-6,16-18,20,22-23,34,37H,7-15,19H2. The minimum atomic E-state index is -1.52. The topological polar surface area (TPSA) is 59.6 Å². The molecule has 0 radical (unpaired) electrons. The summed E-state index contributed by atoms with van der Waals surface area (Å²) in [5.74, 6) is -3.36. The summed E-state index contributed by atoms with van der Waals surface area (Å²) in [5, 5.41) is 11.5. The first kappa shape index (κ1) is 26.5. The number of carbonyl (C=O) groups excluding carboxylic acids is 1. The number of aliphatic hydroxyl groups is 1. The number of nitrogens with zero attached hydrogens (tertiary/aromatic N) is 2. The van der Waals surface area contributed by atoms with E-state index in [-0.39, 0.29) is 24.1 Å². The van der Waals surface area contributed by atoms with Crippen molar-refractivity contribution in [2.45, 2.75) is 44.1 Å². The summed E-state index contributed by atoms with van der Waals surface area (Å²) >= 11 is 0. The van der Waals surface area contributed by atoms with Gasteiger partial charge in [0, 0.05) is 42.3 Å². The first-order chi connectivity index (χ1) is 18.4. The van der Waals surface area contributed by atoms with Crippen LogP contribution in [0.25, 0.3) is 17.0 Å². The molecule has 3 heterocycles. The van der Waals surface area contributed by atoms with Crippen molar-refractivity contribution in [3.05, 3.63) is 77.2 Å². The van der Waals surface area contributed by atoms with Crippen LogP contribution < -0.4 is 0 Å². The molecule has 1 aromatic heterocycles. The molecule has 2 aliphatic heterocycles. The number of H-pyrrole nitrogens is 1. The summed E-state index contributed by atoms with van der Waals surface area (Å²) in [4.78, 5) is 20.1. The van der Waals surface area contributed by atoms with Crippen LogP contribution in [-0.2, 0) is 4.79 Å². The minimum Gasteiger partial charge on any atom is -0.395 e. The maximum absolute atomic E-state index is 13.4. The molecule has 0 spiro atoms. The Morgan fingerprint density at radius 1 is 1.03 bits per heavy atom. The Kier molecular flexibility index (Phi) is 8.19. The third-order valence-corrected chi connectivity index (χ3v) is 8.27. The lowest BCUT2D eigenvalue weighted by molar-refractivity contribution is -0.127. The lowest BCUT2D eigenvalue weighted by atomic mass is 9.86. The van der Waals surface area contributed by atoms with Crippen LogP contribution in [0, 0.1) is 23.4 Å². The Morgan fingerprint density at radius 2 is 1.71 bits per heavy atom. The molecule has 8 heteroatoms. The number of rotatable bonds is 7. The van der Waals surface area contributed by atoms with Gasteiger partial charge in [0.05, 0.1) is 6.61 Å². The Bertz CT molecular complexity index is 1270. The molecule has 0 bridgehead atoms. The molecule has 38 heavy (non-hydrogen) atoms. The van der Waals surface area contributed by atoms with E-state index in [2.05, 4.69) is 34.3 Å². The molecule has 1 atom stereocenters. The van der Waals surface area contributed by atoms with Crippen molar-refractivity contribution in [3.8, 4) is 0 Å². The molecular formula is C30H34F3N3O2. The van der Waals surface area contributed by atoms with E-state index in [9.17, 15) is 23.1 Å². The predicted molar refractivity (Wildman–Crippen MR) is 142 cm³/mol. The van der Waals surface area contributed by atoms with Crippen LogP contribution in [-0.4, -0.2) is 64.6 Å². The maximum Gasteiger partial charge on any atom is 0.246 e. The van der Waals surface area contributed by atoms with Gasteiger partial charge in [0.2, 0.25) is 5.91 Å². The van der Waals surface area contributed by atoms with Gasteiger partial charge in [-0.3, -0.25) is 9.69 Å². The van der Waals surface area contributed by atoms with Gasteiger partial charge in [-0.05, 0) is 92.4 Å². The highest BCUT2D eigenvalue weighted by Gasteiger charge is 2.30. The molecule has 2 saturated heterocycles. The van der Waals surface area contributed by atoms with Gasteiger partial charge >= 0.3 is 0 Å². The fourth-order valence-electron chi connectivity index (χ4n) is 6.06. The van der Waals surface area contributed by atoms with Crippen molar-refractivity contribution in [2.24, 2.45) is 5.92 Å². The fourth-order valence-corrected chi connectivity index (χ4v) is 6.06. The van der Waals surface area contributed by atoms with E-state index in [0.29, 0.717) is 24.9 Å². The molecule has 0 aliphatic carbocycles. The molecule has 202 valence electrons. The number of likely N-dealkylation sites (tertiary alicyclic amines) is 2. The number of aromatic nitrogens is 1. The van der Waals surface area contributed by atoms with E-state index in [1.807, 2.05) is 6.07 Å². The molecule has 5 rings (SSSR count). The third-order valence-electron chi connectivity index (χ3n) is 8.27. The molecular weight excluding hydrogens is 491 g/mol. The number of hydrogen-bond donors (Lipinski definition) is 2. The Labute approximate surface area is 220 Å². The first-order valence-electron chi connectivity index (χ1n) is 13.5. The largest absolute Gasteiger partial charge is 0.395 e. The lowest BCUT2D eigenvalue weighted by Gasteiger charge is -2.39. The number of para-hydroxylation sites is 1. The Hall–Kier alpha value is -3.10. The van der Waals surface area contributed by atoms with Crippen LogP contribution in [0.1, 0.15) is 49.1 Å². The summed E-state index contributed by atoms with van der Waals surface area (Å²) in [6.07, 6.45) is 9.47. The van der Waals surface area contributed by atoms with Crippen molar-refractivity contribution in [3.63, 3.8) is 0 Å². The summed E-state index contributed by atoms with van der Waals surface area (Å²) < 4.78 is 39.9. The van der Waals surface area contributed by atoms with Gasteiger partial charge in [0.15, 0.2) is 17.5 Å². The second kappa shape index (κ2) is 11.7. The van der Waals surface area contributed by atoms with Crippen LogP contribution in [0.15, 0.2) is 48.7 Å². The fraction of sp³-hybridized carbons (Fsp3) is 0.433. The van der Waals surface area contributed by atoms with Gasteiger partial charge in [-0.2, -0.15) is 0 Å². The SMILES string of the molecule is O=C(C=Cc1cc(F)c(F)c(F)c1)N1CCC(CC(CO)N2CCC(c3c[nH]c4ccccc34)CC2)CC1. The van der Waals surface area contributed by atoms with Crippen LogP contribution in [0.2, 0.25) is 0 Å². The Balaban J connectivity index is 1.09. The number of benzene rings is 2. The van der Waals surface area contributed by atoms with Crippen molar-refractivity contribution < 1.29 is 23.1 Å². The second-order valence-electron chi connectivity index (χ2n) is 10.6. The normalized spacial score (nSPS) is 19.0. The van der Waals surface area contributed by atoms with Crippen molar-refractivity contribution >= 4 is 22.9 Å². The van der Waals surface area contributed by atoms with Crippen molar-refractivity contribution in [2.75, 3.05) is 32.8 Å². The number of halogens is 3. The molecule has 2 aliphatic rings. The minimum absolute atomic E-state index is 0.101. The summed E-state index contributed by atoms with van der Waals surface area (Å²) in [7, 11) is 0. The highest BCUT2D eigenvalue weighted by Crippen LogP contribution is 2.34. The predicted octanol–water partition coefficient (Wildman–Crippen LogP) is 5.47. The smallest absolute Gasteiger partial charge is 0.246 e. The Morgan fingerprint density at radius 3 is 2.39 bits per heavy atom. The molecule has 1 amide bonds. The monoisotopic (exact) mass is 525 g/mol. The molecule has 3 aromatic rings. The zero-order valence-corrected chi connectivity index (χ0v) is 21.4. The maximum atomic E-state index is 13.4. The van der Waals surface area contributed by atoms with E-state index in [0.717, 1.165) is 57.3 Å². The van der Waals surface area contributed by atoms with Crippen LogP contribution in [0.4, 0.5) is 13.2 Å². The number of aliphatic hydroxyl groups excluding tert-OH is 1. The van der Waals surface area contributed by atoms with Crippen LogP contribution >= 0.6 is 0 Å². The molecule has 5 nitrogen and oxygen atoms in total. The number of hydrogen-bond acceptors (Lipinski definition) is 3. The molecule has 0 saturated carbocycles. The molecule has 2 fully saturated rings. The summed E-state index contributed by atoms with van der Waals surface area (Å²) in [6.45, 7) is 3.25. The first-order valence-corrected chi connectivity index (χ1v) is 13.5. The van der Waals surface area contributed by atoms with E-state index in [4.69, 9.17) is 0 Å². The summed E-state index contributed by atoms with van der Waals surface area (Å²) in [6, 6.07) is 10.3. The highest BCUT2D eigenvalue weighted by atomic mass is 19.2. The zero-order chi connectivity index (χ0) is 26.6. The van der Waals surface area contributed by atoms with Crippen LogP contribution in [0.5, 0.6) is 0 Å². The van der Waals surface area contributed by atoms with E-state index in [1.165, 1.54) is 28.6 Å². The van der Waals surface area contributed by atoms with E-state index in [1.54, 1.807) is 4.90 Å². The van der Waals surface area contributed by atoms with Gasteiger partial charge in [0.1, 0.15) is 0 Å². The van der Waals surface area contributed by atoms with Crippen LogP contribution in [0.3, 0.4) is 0 Å². The summed E-state index contributed by atoms with van der Waals surface area (Å²) in [5.41, 5.74) is 2.67. The van der Waals surface area contributed by atoms with Crippen molar-refractivity contribution in [1.29, 1.82) is 0 Å². The average Bonchev–Trinajstić information content (AvgIpc) is 3.38. The molecule has 2 aromatic carbocycles. The van der Waals surface area contributed by atoms with Gasteiger partial charge in [-0.15, -0.1) is 0 Å². The van der Waals surface area contributed by atoms with Crippen molar-refractivity contribution in [1.82, 2.24) is 14.8 Å². The average molecular weight is 526 g/mol. The number of amides is 1. The number of nitrogens with one attached hydrogen (secondary N) is 1. The lowest BCUT2D eigenvalue weighted by Crippen LogP contribution is -2.45. The van der Waals surface area contributed by atoms with E-state index >= 15 is 0 Å². The zero-order valence-electron chi connectivity index (χ0n) is 21.4. The number of piperidine rings is 2. The second-order valence-corrected chi connectivity index (χ2v) is 10.6. The molecule has 2 N–H and O–H groups in total. The quantitative estimate of drug-likeness (QED) is 0.318. The number of carbonyl (C=O) groups is 1. The number of fused-ring (bicyclic) bond motifs is 1. The number of aromatic amines is 1. The molecule has 1 unspecified atom stereocenters. The third kappa shape index (κ3) is 5.81. The highest BCUT2D eigenvalue weighted by molar-refractivity contribution is 5.91.